The van der Waals surface area contributed by atoms with Crippen LogP contribution < -0.4 is 11.1 Å². The third kappa shape index (κ3) is 5.12. The molecule has 0 unspecified atom stereocenters. The molecule has 0 atom stereocenters. The van der Waals surface area contributed by atoms with Crippen LogP contribution in [0.25, 0.3) is 43.4 Å². The SMILES string of the molecule is Cc1ccc(NC(=O)CSc2nnc(-c3sc4nnc(-c5ccccc5)c(-c5ccccc5)c4c3N)o2)cc1. The van der Waals surface area contributed by atoms with Crippen LogP contribution in [0.1, 0.15) is 5.56 Å². The molecule has 0 fully saturated rings. The highest BCUT2D eigenvalue weighted by molar-refractivity contribution is 7.99. The average Bonchev–Trinajstić information content (AvgIpc) is 3.58. The first-order valence-electron chi connectivity index (χ1n) is 12.1. The van der Waals surface area contributed by atoms with Crippen LogP contribution >= 0.6 is 23.1 Å². The Hall–Kier alpha value is -4.54. The number of nitrogens with zero attached hydrogens (tertiary/aromatic N) is 4. The highest BCUT2D eigenvalue weighted by Gasteiger charge is 2.24. The van der Waals surface area contributed by atoms with Crippen molar-refractivity contribution in [3.63, 3.8) is 0 Å². The fourth-order valence-corrected chi connectivity index (χ4v) is 5.71. The van der Waals surface area contributed by atoms with Gasteiger partial charge in [0.15, 0.2) is 0 Å². The van der Waals surface area contributed by atoms with Crippen molar-refractivity contribution in [1.29, 1.82) is 0 Å². The summed E-state index contributed by atoms with van der Waals surface area (Å²) >= 11 is 2.51. The highest BCUT2D eigenvalue weighted by Crippen LogP contribution is 2.46. The van der Waals surface area contributed by atoms with Gasteiger partial charge in [-0.25, -0.2) is 0 Å². The molecule has 3 aromatic carbocycles. The van der Waals surface area contributed by atoms with Gasteiger partial charge in [-0.1, -0.05) is 90.1 Å². The molecule has 3 heterocycles. The molecule has 10 heteroatoms. The molecule has 3 aromatic heterocycles. The van der Waals surface area contributed by atoms with Crippen molar-refractivity contribution >= 4 is 50.6 Å². The van der Waals surface area contributed by atoms with Gasteiger partial charge in [0.2, 0.25) is 5.91 Å². The number of thioether (sulfide) groups is 1. The molecule has 0 spiro atoms. The number of nitrogens with one attached hydrogen (secondary N) is 1. The zero-order valence-corrected chi connectivity index (χ0v) is 22.4. The first kappa shape index (κ1) is 24.8. The summed E-state index contributed by atoms with van der Waals surface area (Å²) in [5.41, 5.74) is 12.7. The van der Waals surface area contributed by atoms with Crippen molar-refractivity contribution in [1.82, 2.24) is 20.4 Å². The van der Waals surface area contributed by atoms with E-state index in [9.17, 15) is 4.79 Å². The van der Waals surface area contributed by atoms with Crippen molar-refractivity contribution in [2.75, 3.05) is 16.8 Å². The fraction of sp³-hybridized carbons (Fsp3) is 0.0690. The summed E-state index contributed by atoms with van der Waals surface area (Å²) in [6.07, 6.45) is 0. The molecule has 0 aliphatic rings. The first-order valence-corrected chi connectivity index (χ1v) is 13.9. The van der Waals surface area contributed by atoms with Crippen LogP contribution in [0.4, 0.5) is 11.4 Å². The van der Waals surface area contributed by atoms with Crippen LogP contribution in [0.5, 0.6) is 0 Å². The van der Waals surface area contributed by atoms with Crippen molar-refractivity contribution in [3.8, 4) is 33.2 Å². The Kier molecular flexibility index (Phi) is 6.78. The van der Waals surface area contributed by atoms with Crippen molar-refractivity contribution in [3.05, 3.63) is 90.5 Å². The number of nitrogens with two attached hydrogens (primary N) is 1. The summed E-state index contributed by atoms with van der Waals surface area (Å²) in [7, 11) is 0. The largest absolute Gasteiger partial charge is 0.410 e. The third-order valence-corrected chi connectivity index (χ3v) is 7.92. The van der Waals surface area contributed by atoms with Gasteiger partial charge in [-0.3, -0.25) is 4.79 Å². The molecule has 0 bridgehead atoms. The molecule has 0 saturated heterocycles. The summed E-state index contributed by atoms with van der Waals surface area (Å²) in [6.45, 7) is 2.00. The number of aryl methyl sites for hydroxylation is 1. The minimum Gasteiger partial charge on any atom is -0.410 e. The molecule has 6 rings (SSSR count). The molecule has 8 nitrogen and oxygen atoms in total. The lowest BCUT2D eigenvalue weighted by molar-refractivity contribution is -0.113. The van der Waals surface area contributed by atoms with E-state index in [-0.39, 0.29) is 22.8 Å². The van der Waals surface area contributed by atoms with E-state index < -0.39 is 0 Å². The van der Waals surface area contributed by atoms with E-state index in [1.807, 2.05) is 91.9 Å². The second kappa shape index (κ2) is 10.7. The predicted molar refractivity (Wildman–Crippen MR) is 157 cm³/mol. The number of hydrogen-bond donors (Lipinski definition) is 2. The number of thiophene rings is 1. The van der Waals surface area contributed by atoms with Gasteiger partial charge in [0.1, 0.15) is 15.4 Å². The number of anilines is 2. The van der Waals surface area contributed by atoms with Gasteiger partial charge >= 0.3 is 0 Å². The number of rotatable bonds is 7. The number of benzene rings is 3. The third-order valence-electron chi connectivity index (χ3n) is 6.03. The molecule has 0 radical (unpaired) electrons. The van der Waals surface area contributed by atoms with Gasteiger partial charge in [0.05, 0.1) is 11.4 Å². The lowest BCUT2D eigenvalue weighted by atomic mass is 9.96. The molecule has 3 N–H and O–H groups in total. The second-order valence-electron chi connectivity index (χ2n) is 8.76. The summed E-state index contributed by atoms with van der Waals surface area (Å²) < 4.78 is 5.90. The Morgan fingerprint density at radius 2 is 1.59 bits per heavy atom. The summed E-state index contributed by atoms with van der Waals surface area (Å²) in [6, 6.07) is 27.5. The zero-order chi connectivity index (χ0) is 26.8. The standard InChI is InChI=1S/C29H22N6O2S2/c1-17-12-14-20(15-13-17)31-21(36)16-38-29-35-33-27(37-29)26-24(30)23-22(18-8-4-2-5-9-18)25(32-34-28(23)39-26)19-10-6-3-7-11-19/h2-15H,16,30H2,1H3,(H,31,36). The zero-order valence-electron chi connectivity index (χ0n) is 20.8. The maximum atomic E-state index is 12.4. The Labute approximate surface area is 232 Å². The number of aromatic nitrogens is 4. The van der Waals surface area contributed by atoms with Crippen LogP contribution in [-0.4, -0.2) is 32.1 Å². The van der Waals surface area contributed by atoms with E-state index in [2.05, 4.69) is 25.7 Å². The number of hydrogen-bond acceptors (Lipinski definition) is 9. The predicted octanol–water partition coefficient (Wildman–Crippen LogP) is 6.70. The van der Waals surface area contributed by atoms with Crippen LogP contribution in [0, 0.1) is 6.92 Å². The molecule has 0 aliphatic heterocycles. The van der Waals surface area contributed by atoms with Gasteiger partial charge < -0.3 is 15.5 Å². The molecule has 6 aromatic rings. The van der Waals surface area contributed by atoms with E-state index in [4.69, 9.17) is 10.2 Å². The highest BCUT2D eigenvalue weighted by atomic mass is 32.2. The van der Waals surface area contributed by atoms with E-state index in [0.717, 1.165) is 50.8 Å². The van der Waals surface area contributed by atoms with Crippen molar-refractivity contribution in [2.24, 2.45) is 0 Å². The van der Waals surface area contributed by atoms with Gasteiger partial charge in [-0.05, 0) is 24.6 Å². The Morgan fingerprint density at radius 1 is 0.897 bits per heavy atom. The lowest BCUT2D eigenvalue weighted by Crippen LogP contribution is -2.13. The quantitative estimate of drug-likeness (QED) is 0.211. The van der Waals surface area contributed by atoms with Crippen LogP contribution in [0.2, 0.25) is 0 Å². The lowest BCUT2D eigenvalue weighted by Gasteiger charge is -2.10. The Balaban J connectivity index is 1.31. The van der Waals surface area contributed by atoms with E-state index in [0.29, 0.717) is 15.4 Å². The summed E-state index contributed by atoms with van der Waals surface area (Å²) in [4.78, 5) is 13.7. The minimum atomic E-state index is -0.166. The minimum absolute atomic E-state index is 0.126. The number of nitrogen functional groups attached to an aromatic ring is 1. The number of carbonyl (C=O) groups excluding carboxylic acids is 1. The molecule has 0 aliphatic carbocycles. The van der Waals surface area contributed by atoms with E-state index in [1.165, 1.54) is 11.3 Å². The topological polar surface area (TPSA) is 120 Å². The summed E-state index contributed by atoms with van der Waals surface area (Å²) in [5, 5.41) is 21.4. The number of amides is 1. The second-order valence-corrected chi connectivity index (χ2v) is 10.7. The van der Waals surface area contributed by atoms with Crippen LogP contribution in [-0.2, 0) is 4.79 Å². The molecule has 192 valence electrons. The normalized spacial score (nSPS) is 11.1. The van der Waals surface area contributed by atoms with Gasteiger partial charge in [0.25, 0.3) is 11.1 Å². The fourth-order valence-electron chi connectivity index (χ4n) is 4.17. The van der Waals surface area contributed by atoms with Crippen molar-refractivity contribution in [2.45, 2.75) is 12.1 Å². The number of carbonyl (C=O) groups is 1. The van der Waals surface area contributed by atoms with Gasteiger partial charge in [-0.15, -0.1) is 31.7 Å². The average molecular weight is 551 g/mol. The monoisotopic (exact) mass is 550 g/mol. The maximum absolute atomic E-state index is 12.4. The summed E-state index contributed by atoms with van der Waals surface area (Å²) in [5.74, 6) is 0.236. The first-order chi connectivity index (χ1) is 19.1. The smallest absolute Gasteiger partial charge is 0.277 e. The Morgan fingerprint density at radius 3 is 2.31 bits per heavy atom. The molecule has 39 heavy (non-hydrogen) atoms. The maximum Gasteiger partial charge on any atom is 0.277 e. The molecular weight excluding hydrogens is 528 g/mol. The van der Waals surface area contributed by atoms with Gasteiger partial charge in [-0.2, -0.15) is 0 Å². The molecule has 0 saturated carbocycles. The molecule has 1 amide bonds. The molecular formula is C29H22N6O2S2. The van der Waals surface area contributed by atoms with E-state index >= 15 is 0 Å². The number of fused-ring (bicyclic) bond motifs is 1. The van der Waals surface area contributed by atoms with E-state index in [1.54, 1.807) is 0 Å². The van der Waals surface area contributed by atoms with Gasteiger partial charge in [0, 0.05) is 22.2 Å². The van der Waals surface area contributed by atoms with Crippen molar-refractivity contribution < 1.29 is 9.21 Å². The van der Waals surface area contributed by atoms with Crippen LogP contribution in [0.3, 0.4) is 0 Å². The Bertz CT molecular complexity index is 1770. The van der Waals surface area contributed by atoms with Crippen LogP contribution in [0.15, 0.2) is 94.6 Å².